The van der Waals surface area contributed by atoms with Crippen LogP contribution in [-0.2, 0) is 16.2 Å². The van der Waals surface area contributed by atoms with Crippen LogP contribution in [0.15, 0.2) is 29.3 Å². The predicted molar refractivity (Wildman–Crippen MR) is 101 cm³/mol. The van der Waals surface area contributed by atoms with Crippen molar-refractivity contribution < 1.29 is 21.6 Å². The minimum absolute atomic E-state index is 0.114. The maximum absolute atomic E-state index is 12.6. The fourth-order valence-electron chi connectivity index (χ4n) is 2.96. The number of piperidine rings is 1. The Morgan fingerprint density at radius 3 is 2.59 bits per heavy atom. The number of hydrogen-bond acceptors (Lipinski definition) is 6. The van der Waals surface area contributed by atoms with Gasteiger partial charge in [-0.2, -0.15) is 23.0 Å². The van der Waals surface area contributed by atoms with Crippen LogP contribution < -0.4 is 10.9 Å². The van der Waals surface area contributed by atoms with E-state index in [1.54, 1.807) is 0 Å². The summed E-state index contributed by atoms with van der Waals surface area (Å²) in [5.41, 5.74) is -1.51. The van der Waals surface area contributed by atoms with Crippen LogP contribution in [-0.4, -0.2) is 52.9 Å². The Labute approximate surface area is 169 Å². The van der Waals surface area contributed by atoms with Gasteiger partial charge in [-0.3, -0.25) is 4.79 Å². The summed E-state index contributed by atoms with van der Waals surface area (Å²) in [6.45, 7) is 0.642. The molecule has 13 heteroatoms. The molecule has 1 aliphatic rings. The molecule has 2 aromatic rings. The van der Waals surface area contributed by atoms with E-state index in [1.807, 2.05) is 0 Å². The number of aromatic nitrogens is 3. The highest BCUT2D eigenvalue weighted by Gasteiger charge is 2.31. The number of halogens is 4. The molecule has 0 aliphatic carbocycles. The van der Waals surface area contributed by atoms with Gasteiger partial charge in [-0.05, 0) is 25.0 Å². The van der Waals surface area contributed by atoms with Gasteiger partial charge in [0, 0.05) is 25.3 Å². The first-order valence-corrected chi connectivity index (χ1v) is 10.7. The Morgan fingerprint density at radius 2 is 2.00 bits per heavy atom. The van der Waals surface area contributed by atoms with Crippen molar-refractivity contribution in [3.05, 3.63) is 45.5 Å². The van der Waals surface area contributed by atoms with Crippen LogP contribution in [0.5, 0.6) is 0 Å². The first-order valence-electron chi connectivity index (χ1n) is 8.50. The number of sulfonamides is 1. The van der Waals surface area contributed by atoms with Crippen molar-refractivity contribution >= 4 is 27.3 Å². The average Bonchev–Trinajstić information content (AvgIpc) is 2.65. The molecule has 1 fully saturated rings. The molecule has 29 heavy (non-hydrogen) atoms. The van der Waals surface area contributed by atoms with Gasteiger partial charge in [0.05, 0.1) is 23.7 Å². The molecule has 1 unspecified atom stereocenters. The SMILES string of the molecule is CS(=O)(=O)N1CCCC(Nc2cnn(-c3ccc(C(F)(F)F)cn3)c(=O)c2Cl)C1. The number of pyridine rings is 1. The molecule has 1 atom stereocenters. The van der Waals surface area contributed by atoms with Gasteiger partial charge in [0.2, 0.25) is 10.0 Å². The highest BCUT2D eigenvalue weighted by atomic mass is 35.5. The van der Waals surface area contributed by atoms with Crippen molar-refractivity contribution in [2.75, 3.05) is 24.7 Å². The zero-order valence-electron chi connectivity index (χ0n) is 15.1. The van der Waals surface area contributed by atoms with Gasteiger partial charge in [-0.25, -0.2) is 17.7 Å². The summed E-state index contributed by atoms with van der Waals surface area (Å²) < 4.78 is 63.5. The fraction of sp³-hybridized carbons (Fsp3) is 0.438. The molecule has 3 rings (SSSR count). The molecule has 1 N–H and O–H groups in total. The van der Waals surface area contributed by atoms with E-state index in [9.17, 15) is 26.4 Å². The molecule has 1 aliphatic heterocycles. The molecule has 0 bridgehead atoms. The Hall–Kier alpha value is -2.18. The number of alkyl halides is 3. The monoisotopic (exact) mass is 451 g/mol. The molecule has 0 amide bonds. The number of nitrogens with one attached hydrogen (secondary N) is 1. The van der Waals surface area contributed by atoms with Crippen molar-refractivity contribution in [2.24, 2.45) is 0 Å². The first-order chi connectivity index (χ1) is 13.5. The summed E-state index contributed by atoms with van der Waals surface area (Å²) in [4.78, 5) is 16.1. The third-order valence-corrected chi connectivity index (χ3v) is 6.06. The quantitative estimate of drug-likeness (QED) is 0.765. The third-order valence-electron chi connectivity index (χ3n) is 4.42. The number of nitrogens with zero attached hydrogens (tertiary/aromatic N) is 4. The van der Waals surface area contributed by atoms with Gasteiger partial charge in [0.25, 0.3) is 5.56 Å². The zero-order chi connectivity index (χ0) is 21.4. The Balaban J connectivity index is 1.82. The van der Waals surface area contributed by atoms with E-state index in [0.717, 1.165) is 23.1 Å². The van der Waals surface area contributed by atoms with Crippen LogP contribution in [0.1, 0.15) is 18.4 Å². The average molecular weight is 452 g/mol. The number of anilines is 1. The van der Waals surface area contributed by atoms with Crippen molar-refractivity contribution in [1.29, 1.82) is 0 Å². The van der Waals surface area contributed by atoms with E-state index < -0.39 is 27.3 Å². The normalized spacial score (nSPS) is 18.6. The zero-order valence-corrected chi connectivity index (χ0v) is 16.7. The second-order valence-electron chi connectivity index (χ2n) is 6.60. The van der Waals surface area contributed by atoms with E-state index in [1.165, 1.54) is 10.5 Å². The number of rotatable bonds is 4. The Bertz CT molecular complexity index is 1060. The smallest absolute Gasteiger partial charge is 0.378 e. The van der Waals surface area contributed by atoms with Crippen LogP contribution in [0.25, 0.3) is 5.82 Å². The van der Waals surface area contributed by atoms with Gasteiger partial charge < -0.3 is 5.32 Å². The molecule has 0 radical (unpaired) electrons. The van der Waals surface area contributed by atoms with E-state index in [0.29, 0.717) is 25.6 Å². The molecule has 0 spiro atoms. The van der Waals surface area contributed by atoms with Crippen LogP contribution in [0.4, 0.5) is 18.9 Å². The summed E-state index contributed by atoms with van der Waals surface area (Å²) in [5.74, 6) is -0.114. The Kier molecular flexibility index (Phi) is 5.88. The standard InChI is InChI=1S/C16H17ClF3N5O3S/c1-29(27,28)24-6-2-3-11(9-24)23-12-8-22-25(15(26)14(12)17)13-5-4-10(7-21-13)16(18,19)20/h4-5,7-8,11,23H,2-3,6,9H2,1H3. The minimum atomic E-state index is -4.55. The molecule has 8 nitrogen and oxygen atoms in total. The van der Waals surface area contributed by atoms with Crippen molar-refractivity contribution in [2.45, 2.75) is 25.1 Å². The lowest BCUT2D eigenvalue weighted by atomic mass is 10.1. The minimum Gasteiger partial charge on any atom is -0.378 e. The van der Waals surface area contributed by atoms with Gasteiger partial charge >= 0.3 is 6.18 Å². The van der Waals surface area contributed by atoms with Gasteiger partial charge in [-0.15, -0.1) is 0 Å². The van der Waals surface area contributed by atoms with Crippen LogP contribution >= 0.6 is 11.6 Å². The maximum atomic E-state index is 12.6. The van der Waals surface area contributed by atoms with Gasteiger partial charge in [-0.1, -0.05) is 11.6 Å². The van der Waals surface area contributed by atoms with Gasteiger partial charge in [0.15, 0.2) is 5.82 Å². The van der Waals surface area contributed by atoms with E-state index in [4.69, 9.17) is 11.6 Å². The molecular weight excluding hydrogens is 435 g/mol. The maximum Gasteiger partial charge on any atom is 0.417 e. The molecular formula is C16H17ClF3N5O3S. The third kappa shape index (κ3) is 4.87. The second-order valence-corrected chi connectivity index (χ2v) is 8.96. The Morgan fingerprint density at radius 1 is 1.28 bits per heavy atom. The van der Waals surface area contributed by atoms with E-state index in [-0.39, 0.29) is 29.1 Å². The molecule has 0 aromatic carbocycles. The van der Waals surface area contributed by atoms with Crippen LogP contribution in [0.3, 0.4) is 0 Å². The van der Waals surface area contributed by atoms with E-state index in [2.05, 4.69) is 15.4 Å². The molecule has 2 aromatic heterocycles. The van der Waals surface area contributed by atoms with Crippen molar-refractivity contribution in [1.82, 2.24) is 19.1 Å². The highest BCUT2D eigenvalue weighted by molar-refractivity contribution is 7.88. The van der Waals surface area contributed by atoms with E-state index >= 15 is 0 Å². The van der Waals surface area contributed by atoms with Crippen LogP contribution in [0, 0.1) is 0 Å². The summed E-state index contributed by atoms with van der Waals surface area (Å²) in [7, 11) is -3.34. The number of hydrogen-bond donors (Lipinski definition) is 1. The van der Waals surface area contributed by atoms with Crippen molar-refractivity contribution in [3.8, 4) is 5.82 Å². The van der Waals surface area contributed by atoms with Crippen molar-refractivity contribution in [3.63, 3.8) is 0 Å². The fourth-order valence-corrected chi connectivity index (χ4v) is 4.05. The summed E-state index contributed by atoms with van der Waals surface area (Å²) in [6.07, 6.45) is -0.251. The lowest BCUT2D eigenvalue weighted by Crippen LogP contribution is -2.44. The lowest BCUT2D eigenvalue weighted by molar-refractivity contribution is -0.137. The van der Waals surface area contributed by atoms with Crippen LogP contribution in [0.2, 0.25) is 5.02 Å². The lowest BCUT2D eigenvalue weighted by Gasteiger charge is -2.32. The highest BCUT2D eigenvalue weighted by Crippen LogP contribution is 2.28. The topological polar surface area (TPSA) is 97.2 Å². The molecule has 158 valence electrons. The molecule has 1 saturated heterocycles. The first kappa shape index (κ1) is 21.5. The summed E-state index contributed by atoms with van der Waals surface area (Å²) >= 11 is 6.12. The van der Waals surface area contributed by atoms with Gasteiger partial charge in [0.1, 0.15) is 5.02 Å². The summed E-state index contributed by atoms with van der Waals surface area (Å²) in [5, 5.41) is 6.71. The predicted octanol–water partition coefficient (Wildman–Crippen LogP) is 2.14. The largest absolute Gasteiger partial charge is 0.417 e. The summed E-state index contributed by atoms with van der Waals surface area (Å²) in [6, 6.07) is 1.54. The second kappa shape index (κ2) is 7.92. The molecule has 0 saturated carbocycles. The molecule has 3 heterocycles.